The molecule has 0 atom stereocenters. The third kappa shape index (κ3) is 4.36. The average Bonchev–Trinajstić information content (AvgIpc) is 2.34. The van der Waals surface area contributed by atoms with Gasteiger partial charge in [-0.15, -0.1) is 0 Å². The van der Waals surface area contributed by atoms with E-state index >= 15 is 0 Å². The Morgan fingerprint density at radius 3 is 2.53 bits per heavy atom. The van der Waals surface area contributed by atoms with Crippen molar-refractivity contribution in [1.29, 1.82) is 0 Å². The number of carboxylic acids is 1. The third-order valence-electron chi connectivity index (χ3n) is 1.86. The number of amides is 1. The molecule has 0 radical (unpaired) electrons. The second kappa shape index (κ2) is 6.80. The van der Waals surface area contributed by atoms with Crippen molar-refractivity contribution in [2.75, 3.05) is 11.9 Å². The number of nitrogens with zero attached hydrogens (tertiary/aromatic N) is 2. The number of hydrogen-bond acceptors (Lipinski definition) is 3. The van der Waals surface area contributed by atoms with Gasteiger partial charge in [0.2, 0.25) is 0 Å². The Hall–Kier alpha value is -1.69. The van der Waals surface area contributed by atoms with Crippen molar-refractivity contribution in [3.63, 3.8) is 0 Å². The Morgan fingerprint density at radius 1 is 1.35 bits per heavy atom. The molecule has 0 aromatic heterocycles. The van der Waals surface area contributed by atoms with E-state index in [-0.39, 0.29) is 6.54 Å². The molecule has 17 heavy (non-hydrogen) atoms. The van der Waals surface area contributed by atoms with E-state index in [2.05, 4.69) is 21.0 Å². The van der Waals surface area contributed by atoms with Crippen LogP contribution in [0.4, 0.5) is 0 Å². The Labute approximate surface area is 107 Å². The Balaban J connectivity index is 2.76. The van der Waals surface area contributed by atoms with Crippen LogP contribution in [-0.4, -0.2) is 40.1 Å². The van der Waals surface area contributed by atoms with Crippen molar-refractivity contribution >= 4 is 34.0 Å². The van der Waals surface area contributed by atoms with Crippen LogP contribution >= 0.6 is 15.9 Å². The van der Waals surface area contributed by atoms with Gasteiger partial charge in [-0.3, -0.25) is 4.79 Å². The Morgan fingerprint density at radius 2 is 2.00 bits per heavy atom. The number of aliphatic carboxylic acids is 1. The van der Waals surface area contributed by atoms with Gasteiger partial charge in [-0.05, 0) is 5.56 Å². The Kier molecular flexibility index (Phi) is 5.35. The van der Waals surface area contributed by atoms with Crippen LogP contribution in [0.5, 0.6) is 0 Å². The van der Waals surface area contributed by atoms with Crippen molar-refractivity contribution in [2.24, 2.45) is 5.10 Å². The maximum absolute atomic E-state index is 11.2. The van der Waals surface area contributed by atoms with Crippen molar-refractivity contribution in [1.82, 2.24) is 5.01 Å². The lowest BCUT2D eigenvalue weighted by molar-refractivity contribution is -0.155. The lowest BCUT2D eigenvalue weighted by Crippen LogP contribution is -2.33. The molecule has 1 aromatic carbocycles. The van der Waals surface area contributed by atoms with Crippen LogP contribution in [0.15, 0.2) is 35.4 Å². The summed E-state index contributed by atoms with van der Waals surface area (Å²) >= 11 is 3.13. The number of carboxylic acid groups (broad SMARTS) is 1. The van der Waals surface area contributed by atoms with Crippen molar-refractivity contribution in [2.45, 2.75) is 0 Å². The van der Waals surface area contributed by atoms with E-state index in [4.69, 9.17) is 5.11 Å². The summed E-state index contributed by atoms with van der Waals surface area (Å²) in [5, 5.41) is 13.8. The van der Waals surface area contributed by atoms with Crippen LogP contribution in [-0.2, 0) is 9.59 Å². The monoisotopic (exact) mass is 298 g/mol. The smallest absolute Gasteiger partial charge is 0.396 e. The highest BCUT2D eigenvalue weighted by Crippen LogP contribution is 1.98. The fraction of sp³-hybridized carbons (Fsp3) is 0.182. The number of carbonyl (C=O) groups excluding carboxylic acids is 1. The lowest BCUT2D eigenvalue weighted by atomic mass is 10.2. The van der Waals surface area contributed by atoms with E-state index in [0.717, 1.165) is 10.6 Å². The van der Waals surface area contributed by atoms with E-state index in [1.165, 1.54) is 6.21 Å². The second-order valence-electron chi connectivity index (χ2n) is 3.08. The first-order chi connectivity index (χ1) is 8.15. The van der Waals surface area contributed by atoms with Gasteiger partial charge in [-0.1, -0.05) is 46.3 Å². The minimum absolute atomic E-state index is 0.203. The summed E-state index contributed by atoms with van der Waals surface area (Å²) in [6.07, 6.45) is 1.45. The molecule has 0 aliphatic carbocycles. The predicted molar refractivity (Wildman–Crippen MR) is 67.2 cm³/mol. The molecule has 90 valence electrons. The molecule has 1 aromatic rings. The summed E-state index contributed by atoms with van der Waals surface area (Å²) in [6.45, 7) is 0.203. The van der Waals surface area contributed by atoms with Gasteiger partial charge in [0, 0.05) is 5.33 Å². The normalized spacial score (nSPS) is 10.4. The van der Waals surface area contributed by atoms with Crippen molar-refractivity contribution in [3.8, 4) is 0 Å². The lowest BCUT2D eigenvalue weighted by Gasteiger charge is -2.12. The fourth-order valence-electron chi connectivity index (χ4n) is 1.08. The highest BCUT2D eigenvalue weighted by molar-refractivity contribution is 9.09. The quantitative estimate of drug-likeness (QED) is 0.394. The molecule has 0 spiro atoms. The molecule has 0 saturated carbocycles. The zero-order chi connectivity index (χ0) is 12.7. The number of benzene rings is 1. The molecule has 1 amide bonds. The topological polar surface area (TPSA) is 70.0 Å². The first-order valence-electron chi connectivity index (χ1n) is 4.85. The molecular weight excluding hydrogens is 288 g/mol. The first kappa shape index (κ1) is 13.4. The van der Waals surface area contributed by atoms with Gasteiger partial charge in [-0.2, -0.15) is 5.10 Å². The van der Waals surface area contributed by atoms with E-state index in [1.807, 2.05) is 18.2 Å². The first-order valence-corrected chi connectivity index (χ1v) is 5.97. The molecule has 1 rings (SSSR count). The zero-order valence-corrected chi connectivity index (χ0v) is 10.5. The summed E-state index contributed by atoms with van der Waals surface area (Å²) in [7, 11) is 0. The molecule has 0 aliphatic heterocycles. The standard InChI is InChI=1S/C11H11BrN2O3/c12-6-7-14(10(15)11(16)17)13-8-9-4-2-1-3-5-9/h1-5,8H,6-7H2,(H,16,17). The van der Waals surface area contributed by atoms with Crippen LogP contribution in [0, 0.1) is 0 Å². The molecule has 0 saturated heterocycles. The van der Waals surface area contributed by atoms with E-state index in [9.17, 15) is 9.59 Å². The van der Waals surface area contributed by atoms with Crippen LogP contribution < -0.4 is 0 Å². The molecule has 0 fully saturated rings. The van der Waals surface area contributed by atoms with Crippen LogP contribution in [0.3, 0.4) is 0 Å². The van der Waals surface area contributed by atoms with Gasteiger partial charge >= 0.3 is 11.9 Å². The highest BCUT2D eigenvalue weighted by Gasteiger charge is 2.19. The molecule has 6 heteroatoms. The van der Waals surface area contributed by atoms with Crippen molar-refractivity contribution in [3.05, 3.63) is 35.9 Å². The summed E-state index contributed by atoms with van der Waals surface area (Å²) in [5.74, 6) is -2.56. The van der Waals surface area contributed by atoms with Crippen LogP contribution in [0.2, 0.25) is 0 Å². The number of alkyl halides is 1. The minimum Gasteiger partial charge on any atom is -0.474 e. The molecular formula is C11H11BrN2O3. The maximum atomic E-state index is 11.2. The largest absolute Gasteiger partial charge is 0.474 e. The van der Waals surface area contributed by atoms with Gasteiger partial charge in [0.1, 0.15) is 0 Å². The zero-order valence-electron chi connectivity index (χ0n) is 8.91. The van der Waals surface area contributed by atoms with E-state index in [0.29, 0.717) is 5.33 Å². The molecule has 0 aliphatic rings. The maximum Gasteiger partial charge on any atom is 0.396 e. The van der Waals surface area contributed by atoms with Crippen LogP contribution in [0.25, 0.3) is 0 Å². The van der Waals surface area contributed by atoms with Gasteiger partial charge in [0.15, 0.2) is 0 Å². The van der Waals surface area contributed by atoms with E-state index < -0.39 is 11.9 Å². The highest BCUT2D eigenvalue weighted by atomic mass is 79.9. The number of rotatable bonds is 4. The number of halogens is 1. The number of hydrogen-bond donors (Lipinski definition) is 1. The van der Waals surface area contributed by atoms with Gasteiger partial charge < -0.3 is 5.11 Å². The van der Waals surface area contributed by atoms with Gasteiger partial charge in [-0.25, -0.2) is 9.80 Å². The summed E-state index contributed by atoms with van der Waals surface area (Å²) in [5.41, 5.74) is 0.797. The molecule has 1 N–H and O–H groups in total. The number of carbonyl (C=O) groups is 2. The SMILES string of the molecule is O=C(O)C(=O)N(CCBr)N=Cc1ccccc1. The average molecular weight is 299 g/mol. The molecule has 5 nitrogen and oxygen atoms in total. The minimum atomic E-state index is -1.52. The second-order valence-corrected chi connectivity index (χ2v) is 3.87. The fourth-order valence-corrected chi connectivity index (χ4v) is 1.41. The van der Waals surface area contributed by atoms with Crippen LogP contribution in [0.1, 0.15) is 5.56 Å². The van der Waals surface area contributed by atoms with E-state index in [1.54, 1.807) is 12.1 Å². The molecule has 0 unspecified atom stereocenters. The van der Waals surface area contributed by atoms with Crippen molar-refractivity contribution < 1.29 is 14.7 Å². The molecule has 0 heterocycles. The summed E-state index contributed by atoms with van der Waals surface area (Å²) < 4.78 is 0. The van der Waals surface area contributed by atoms with Gasteiger partial charge in [0.25, 0.3) is 0 Å². The summed E-state index contributed by atoms with van der Waals surface area (Å²) in [6, 6.07) is 9.13. The molecule has 0 bridgehead atoms. The number of hydrazone groups is 1. The Bertz CT molecular complexity index is 420. The van der Waals surface area contributed by atoms with Gasteiger partial charge in [0.05, 0.1) is 12.8 Å². The third-order valence-corrected chi connectivity index (χ3v) is 2.21. The summed E-state index contributed by atoms with van der Waals surface area (Å²) in [4.78, 5) is 21.8. The predicted octanol–water partition coefficient (Wildman–Crippen LogP) is 1.33.